The number of nitrogens with one attached hydrogen (secondary N) is 1. The van der Waals surface area contributed by atoms with E-state index in [1.165, 1.54) is 0 Å². The molecule has 0 radical (unpaired) electrons. The Hall–Kier alpha value is -0.860. The Balaban J connectivity index is 0.000000791. The van der Waals surface area contributed by atoms with E-state index in [1.807, 2.05) is 58.2 Å². The molecule has 1 aromatic rings. The van der Waals surface area contributed by atoms with Gasteiger partial charge in [-0.05, 0) is 19.5 Å². The van der Waals surface area contributed by atoms with Crippen molar-refractivity contribution in [2.45, 2.75) is 32.9 Å². The topological polar surface area (TPSA) is 32.3 Å². The molecule has 0 heterocycles. The zero-order valence-corrected chi connectivity index (χ0v) is 9.49. The van der Waals surface area contributed by atoms with Gasteiger partial charge in [0.15, 0.2) is 0 Å². The van der Waals surface area contributed by atoms with Crippen molar-refractivity contribution in [3.05, 3.63) is 35.9 Å². The second-order valence-electron chi connectivity index (χ2n) is 2.93. The molecule has 14 heavy (non-hydrogen) atoms. The Morgan fingerprint density at radius 2 is 1.64 bits per heavy atom. The van der Waals surface area contributed by atoms with Crippen molar-refractivity contribution < 1.29 is 5.11 Å². The SMILES string of the molecule is CC.CNC(C)[C@H](O)c1ccccc1. The quantitative estimate of drug-likeness (QED) is 0.776. The normalized spacial score (nSPS) is 13.8. The van der Waals surface area contributed by atoms with Crippen molar-refractivity contribution in [3.8, 4) is 0 Å². The molecule has 2 atom stereocenters. The van der Waals surface area contributed by atoms with E-state index in [1.54, 1.807) is 0 Å². The van der Waals surface area contributed by atoms with Gasteiger partial charge in [0.25, 0.3) is 0 Å². The predicted octanol–water partition coefficient (Wildman–Crippen LogP) is 2.35. The third-order valence-corrected chi connectivity index (χ3v) is 2.07. The van der Waals surface area contributed by atoms with Gasteiger partial charge in [-0.25, -0.2) is 0 Å². The van der Waals surface area contributed by atoms with Gasteiger partial charge in [-0.15, -0.1) is 0 Å². The molecular weight excluding hydrogens is 174 g/mol. The molecule has 0 aliphatic carbocycles. The van der Waals surface area contributed by atoms with Gasteiger partial charge in [-0.2, -0.15) is 0 Å². The van der Waals surface area contributed by atoms with E-state index in [4.69, 9.17) is 0 Å². The molecule has 2 N–H and O–H groups in total. The Kier molecular flexibility index (Phi) is 7.07. The summed E-state index contributed by atoms with van der Waals surface area (Å²) in [5, 5.41) is 12.7. The third kappa shape index (κ3) is 3.90. The molecule has 1 aromatic carbocycles. The van der Waals surface area contributed by atoms with Gasteiger partial charge in [0, 0.05) is 6.04 Å². The van der Waals surface area contributed by atoms with Gasteiger partial charge in [0.05, 0.1) is 6.10 Å². The highest BCUT2D eigenvalue weighted by Crippen LogP contribution is 2.15. The van der Waals surface area contributed by atoms with E-state index in [0.717, 1.165) is 5.56 Å². The fourth-order valence-corrected chi connectivity index (χ4v) is 1.10. The number of benzene rings is 1. The van der Waals surface area contributed by atoms with Crippen LogP contribution in [-0.2, 0) is 0 Å². The molecule has 0 saturated carbocycles. The predicted molar refractivity (Wildman–Crippen MR) is 61.3 cm³/mol. The number of aliphatic hydroxyl groups excluding tert-OH is 1. The molecule has 0 spiro atoms. The maximum Gasteiger partial charge on any atom is 0.0940 e. The highest BCUT2D eigenvalue weighted by Gasteiger charge is 2.12. The first kappa shape index (κ1) is 13.1. The summed E-state index contributed by atoms with van der Waals surface area (Å²) in [5.41, 5.74) is 0.958. The molecule has 0 bridgehead atoms. The summed E-state index contributed by atoms with van der Waals surface area (Å²) in [4.78, 5) is 0. The van der Waals surface area contributed by atoms with Crippen LogP contribution in [0.5, 0.6) is 0 Å². The largest absolute Gasteiger partial charge is 0.387 e. The number of rotatable bonds is 3. The zero-order chi connectivity index (χ0) is 11.0. The molecule has 2 heteroatoms. The summed E-state index contributed by atoms with van der Waals surface area (Å²) in [6.45, 7) is 5.96. The lowest BCUT2D eigenvalue weighted by Gasteiger charge is -2.17. The van der Waals surface area contributed by atoms with E-state index in [2.05, 4.69) is 5.32 Å². The van der Waals surface area contributed by atoms with Crippen molar-refractivity contribution in [2.75, 3.05) is 7.05 Å². The maximum atomic E-state index is 9.73. The summed E-state index contributed by atoms with van der Waals surface area (Å²) in [7, 11) is 1.84. The second-order valence-corrected chi connectivity index (χ2v) is 2.93. The van der Waals surface area contributed by atoms with Crippen LogP contribution < -0.4 is 5.32 Å². The molecule has 1 unspecified atom stereocenters. The molecular formula is C12H21NO. The minimum Gasteiger partial charge on any atom is -0.387 e. The average Bonchev–Trinajstić information content (AvgIpc) is 2.31. The van der Waals surface area contributed by atoms with Crippen LogP contribution in [0.25, 0.3) is 0 Å². The second kappa shape index (κ2) is 7.54. The molecule has 0 aliphatic heterocycles. The molecule has 0 aliphatic rings. The Bertz CT molecular complexity index is 223. The summed E-state index contributed by atoms with van der Waals surface area (Å²) in [5.74, 6) is 0. The number of hydrogen-bond acceptors (Lipinski definition) is 2. The maximum absolute atomic E-state index is 9.73. The van der Waals surface area contributed by atoms with Crippen LogP contribution in [-0.4, -0.2) is 18.2 Å². The number of likely N-dealkylation sites (N-methyl/N-ethyl adjacent to an activating group) is 1. The van der Waals surface area contributed by atoms with Crippen molar-refractivity contribution in [2.24, 2.45) is 0 Å². The minimum absolute atomic E-state index is 0.0902. The summed E-state index contributed by atoms with van der Waals surface area (Å²) < 4.78 is 0. The van der Waals surface area contributed by atoms with Gasteiger partial charge >= 0.3 is 0 Å². The third-order valence-electron chi connectivity index (χ3n) is 2.07. The summed E-state index contributed by atoms with van der Waals surface area (Å²) in [6.07, 6.45) is -0.420. The number of hydrogen-bond donors (Lipinski definition) is 2. The molecule has 0 fully saturated rings. The highest BCUT2D eigenvalue weighted by atomic mass is 16.3. The van der Waals surface area contributed by atoms with Crippen molar-refractivity contribution >= 4 is 0 Å². The van der Waals surface area contributed by atoms with Crippen LogP contribution in [0.3, 0.4) is 0 Å². The van der Waals surface area contributed by atoms with Crippen LogP contribution in [0.15, 0.2) is 30.3 Å². The van der Waals surface area contributed by atoms with Gasteiger partial charge in [0.2, 0.25) is 0 Å². The monoisotopic (exact) mass is 195 g/mol. The Morgan fingerprint density at radius 3 is 2.07 bits per heavy atom. The lowest BCUT2D eigenvalue weighted by Crippen LogP contribution is -2.28. The lowest BCUT2D eigenvalue weighted by atomic mass is 10.0. The Labute approximate surface area is 87.0 Å². The lowest BCUT2D eigenvalue weighted by molar-refractivity contribution is 0.140. The van der Waals surface area contributed by atoms with Crippen molar-refractivity contribution in [3.63, 3.8) is 0 Å². The first-order valence-corrected chi connectivity index (χ1v) is 5.16. The van der Waals surface area contributed by atoms with E-state index in [0.29, 0.717) is 0 Å². The highest BCUT2D eigenvalue weighted by molar-refractivity contribution is 5.18. The van der Waals surface area contributed by atoms with E-state index in [-0.39, 0.29) is 6.04 Å². The average molecular weight is 195 g/mol. The van der Waals surface area contributed by atoms with Gasteiger partial charge < -0.3 is 10.4 Å². The molecule has 1 rings (SSSR count). The van der Waals surface area contributed by atoms with Gasteiger partial charge in [0.1, 0.15) is 0 Å². The van der Waals surface area contributed by atoms with Crippen LogP contribution in [0, 0.1) is 0 Å². The molecule has 80 valence electrons. The fourth-order valence-electron chi connectivity index (χ4n) is 1.10. The number of aliphatic hydroxyl groups is 1. The molecule has 0 saturated heterocycles. The molecule has 0 aromatic heterocycles. The van der Waals surface area contributed by atoms with E-state index < -0.39 is 6.10 Å². The summed E-state index contributed by atoms with van der Waals surface area (Å²) in [6, 6.07) is 9.76. The van der Waals surface area contributed by atoms with E-state index >= 15 is 0 Å². The van der Waals surface area contributed by atoms with Crippen LogP contribution in [0.1, 0.15) is 32.4 Å². The molecule has 0 amide bonds. The minimum atomic E-state index is -0.420. The van der Waals surface area contributed by atoms with Crippen molar-refractivity contribution in [1.82, 2.24) is 5.32 Å². The Morgan fingerprint density at radius 1 is 1.14 bits per heavy atom. The van der Waals surface area contributed by atoms with Crippen LogP contribution >= 0.6 is 0 Å². The summed E-state index contributed by atoms with van der Waals surface area (Å²) >= 11 is 0. The zero-order valence-electron chi connectivity index (χ0n) is 9.49. The van der Waals surface area contributed by atoms with Crippen LogP contribution in [0.4, 0.5) is 0 Å². The van der Waals surface area contributed by atoms with E-state index in [9.17, 15) is 5.11 Å². The van der Waals surface area contributed by atoms with Gasteiger partial charge in [-0.1, -0.05) is 44.2 Å². The van der Waals surface area contributed by atoms with Gasteiger partial charge in [-0.3, -0.25) is 0 Å². The first-order valence-electron chi connectivity index (χ1n) is 5.16. The fraction of sp³-hybridized carbons (Fsp3) is 0.500. The standard InChI is InChI=1S/C10H15NO.C2H6/c1-8(11-2)10(12)9-6-4-3-5-7-9;1-2/h3-8,10-12H,1-2H3;1-2H3/t8?,10-;/m0./s1. The first-order chi connectivity index (χ1) is 6.75. The molecule has 2 nitrogen and oxygen atoms in total. The smallest absolute Gasteiger partial charge is 0.0940 e. The van der Waals surface area contributed by atoms with Crippen LogP contribution in [0.2, 0.25) is 0 Å². The van der Waals surface area contributed by atoms with Crippen molar-refractivity contribution in [1.29, 1.82) is 0 Å².